The predicted octanol–water partition coefficient (Wildman–Crippen LogP) is 4.04. The molecule has 112 valence electrons. The van der Waals surface area contributed by atoms with Crippen LogP contribution >= 0.6 is 11.3 Å². The summed E-state index contributed by atoms with van der Waals surface area (Å²) >= 11 is 1.65. The number of nitrogens with one attached hydrogen (secondary N) is 2. The molecule has 0 aliphatic carbocycles. The fraction of sp³-hybridized carbons (Fsp3) is 0.312. The highest BCUT2D eigenvalue weighted by Crippen LogP contribution is 2.22. The van der Waals surface area contributed by atoms with Crippen molar-refractivity contribution in [2.45, 2.75) is 32.4 Å². The molecule has 1 aromatic carbocycles. The molecule has 1 heterocycles. The SMILES string of the molecule is CCC(NC(=O)Nc1ccc(C(C)N)cc1)c1cccs1. The van der Waals surface area contributed by atoms with Crippen molar-refractivity contribution in [3.05, 3.63) is 52.2 Å². The van der Waals surface area contributed by atoms with E-state index in [1.165, 1.54) is 4.88 Å². The van der Waals surface area contributed by atoms with Crippen molar-refractivity contribution in [3.8, 4) is 0 Å². The topological polar surface area (TPSA) is 67.2 Å². The van der Waals surface area contributed by atoms with Gasteiger partial charge in [-0.1, -0.05) is 25.1 Å². The minimum atomic E-state index is -0.191. The highest BCUT2D eigenvalue weighted by Gasteiger charge is 2.13. The van der Waals surface area contributed by atoms with Gasteiger partial charge in [-0.15, -0.1) is 11.3 Å². The molecule has 0 bridgehead atoms. The number of urea groups is 1. The third kappa shape index (κ3) is 4.31. The van der Waals surface area contributed by atoms with E-state index in [0.717, 1.165) is 17.7 Å². The van der Waals surface area contributed by atoms with E-state index in [-0.39, 0.29) is 18.1 Å². The number of amides is 2. The van der Waals surface area contributed by atoms with Gasteiger partial charge in [0.2, 0.25) is 0 Å². The van der Waals surface area contributed by atoms with Gasteiger partial charge in [-0.3, -0.25) is 0 Å². The van der Waals surface area contributed by atoms with Gasteiger partial charge in [0, 0.05) is 16.6 Å². The van der Waals surface area contributed by atoms with Crippen molar-refractivity contribution in [3.63, 3.8) is 0 Å². The number of benzene rings is 1. The van der Waals surface area contributed by atoms with Crippen molar-refractivity contribution in [2.75, 3.05) is 5.32 Å². The Labute approximate surface area is 129 Å². The Hall–Kier alpha value is -1.85. The van der Waals surface area contributed by atoms with Gasteiger partial charge in [0.1, 0.15) is 0 Å². The van der Waals surface area contributed by atoms with Crippen molar-refractivity contribution in [1.29, 1.82) is 0 Å². The Balaban J connectivity index is 1.94. The highest BCUT2D eigenvalue weighted by atomic mass is 32.1. The largest absolute Gasteiger partial charge is 0.330 e. The average Bonchev–Trinajstić information content (AvgIpc) is 2.99. The van der Waals surface area contributed by atoms with E-state index in [9.17, 15) is 4.79 Å². The summed E-state index contributed by atoms with van der Waals surface area (Å²) < 4.78 is 0. The fourth-order valence-corrected chi connectivity index (χ4v) is 2.92. The summed E-state index contributed by atoms with van der Waals surface area (Å²) in [6.45, 7) is 3.99. The lowest BCUT2D eigenvalue weighted by Gasteiger charge is -2.16. The molecule has 2 unspecified atom stereocenters. The number of carbonyl (C=O) groups is 1. The summed E-state index contributed by atoms with van der Waals surface area (Å²) in [5, 5.41) is 7.86. The lowest BCUT2D eigenvalue weighted by molar-refractivity contribution is 0.248. The van der Waals surface area contributed by atoms with Gasteiger partial charge in [-0.05, 0) is 42.5 Å². The molecule has 0 aliphatic rings. The maximum absolute atomic E-state index is 12.1. The third-order valence-corrected chi connectivity index (χ3v) is 4.28. The van der Waals surface area contributed by atoms with Crippen LogP contribution in [-0.2, 0) is 0 Å². The van der Waals surface area contributed by atoms with Gasteiger partial charge in [0.15, 0.2) is 0 Å². The molecule has 0 fully saturated rings. The minimum absolute atomic E-state index is 0.00354. The number of hydrogen-bond acceptors (Lipinski definition) is 3. The van der Waals surface area contributed by atoms with Crippen LogP contribution in [0.15, 0.2) is 41.8 Å². The summed E-state index contributed by atoms with van der Waals surface area (Å²) in [4.78, 5) is 13.2. The van der Waals surface area contributed by atoms with E-state index in [1.54, 1.807) is 11.3 Å². The standard InChI is InChI=1S/C16H21N3OS/c1-3-14(15-5-4-10-21-15)19-16(20)18-13-8-6-12(7-9-13)11(2)17/h4-11,14H,3,17H2,1-2H3,(H2,18,19,20). The van der Waals surface area contributed by atoms with Gasteiger partial charge in [-0.2, -0.15) is 0 Å². The molecule has 4 nitrogen and oxygen atoms in total. The number of anilines is 1. The first-order valence-electron chi connectivity index (χ1n) is 7.06. The number of hydrogen-bond donors (Lipinski definition) is 3. The van der Waals surface area contributed by atoms with Crippen LogP contribution in [0.2, 0.25) is 0 Å². The molecule has 2 atom stereocenters. The van der Waals surface area contributed by atoms with Gasteiger partial charge < -0.3 is 16.4 Å². The van der Waals surface area contributed by atoms with Gasteiger partial charge in [0.25, 0.3) is 0 Å². The van der Waals surface area contributed by atoms with Crippen LogP contribution in [-0.4, -0.2) is 6.03 Å². The summed E-state index contributed by atoms with van der Waals surface area (Å²) in [7, 11) is 0. The lowest BCUT2D eigenvalue weighted by Crippen LogP contribution is -2.31. The summed E-state index contributed by atoms with van der Waals surface area (Å²) in [5.74, 6) is 0. The van der Waals surface area contributed by atoms with Gasteiger partial charge in [-0.25, -0.2) is 4.79 Å². The van der Waals surface area contributed by atoms with Crippen LogP contribution in [0.3, 0.4) is 0 Å². The van der Waals surface area contributed by atoms with Crippen molar-refractivity contribution < 1.29 is 4.79 Å². The molecule has 0 saturated carbocycles. The molecule has 0 spiro atoms. The monoisotopic (exact) mass is 303 g/mol. The second-order valence-electron chi connectivity index (χ2n) is 4.99. The molecule has 4 N–H and O–H groups in total. The molecule has 2 amide bonds. The van der Waals surface area contributed by atoms with E-state index in [2.05, 4.69) is 17.6 Å². The molecule has 0 aliphatic heterocycles. The quantitative estimate of drug-likeness (QED) is 0.780. The Morgan fingerprint density at radius 1 is 1.29 bits per heavy atom. The zero-order valence-electron chi connectivity index (χ0n) is 12.3. The van der Waals surface area contributed by atoms with E-state index >= 15 is 0 Å². The van der Waals surface area contributed by atoms with E-state index in [1.807, 2.05) is 48.7 Å². The second-order valence-corrected chi connectivity index (χ2v) is 5.96. The first kappa shape index (κ1) is 15.5. The normalized spacial score (nSPS) is 13.5. The van der Waals surface area contributed by atoms with Gasteiger partial charge >= 0.3 is 6.03 Å². The number of carbonyl (C=O) groups excluding carboxylic acids is 1. The van der Waals surface area contributed by atoms with E-state index in [0.29, 0.717) is 0 Å². The molecule has 2 aromatic rings. The van der Waals surface area contributed by atoms with E-state index in [4.69, 9.17) is 5.73 Å². The molecule has 21 heavy (non-hydrogen) atoms. The van der Waals surface area contributed by atoms with Crippen LogP contribution in [0.4, 0.5) is 10.5 Å². The van der Waals surface area contributed by atoms with Crippen LogP contribution in [0.25, 0.3) is 0 Å². The van der Waals surface area contributed by atoms with Crippen LogP contribution in [0.1, 0.15) is 42.8 Å². The highest BCUT2D eigenvalue weighted by molar-refractivity contribution is 7.10. The molecular formula is C16H21N3OS. The van der Waals surface area contributed by atoms with Crippen LogP contribution in [0.5, 0.6) is 0 Å². The number of nitrogens with two attached hydrogens (primary N) is 1. The van der Waals surface area contributed by atoms with Crippen molar-refractivity contribution in [2.24, 2.45) is 5.73 Å². The Kier molecular flexibility index (Phi) is 5.36. The van der Waals surface area contributed by atoms with E-state index < -0.39 is 0 Å². The number of thiophene rings is 1. The molecule has 0 saturated heterocycles. The number of rotatable bonds is 5. The van der Waals surface area contributed by atoms with Crippen molar-refractivity contribution in [1.82, 2.24) is 5.32 Å². The van der Waals surface area contributed by atoms with Crippen LogP contribution < -0.4 is 16.4 Å². The Morgan fingerprint density at radius 2 is 2.00 bits per heavy atom. The second kappa shape index (κ2) is 7.24. The fourth-order valence-electron chi connectivity index (χ4n) is 2.06. The zero-order chi connectivity index (χ0) is 15.2. The molecule has 0 radical (unpaired) electrons. The maximum Gasteiger partial charge on any atom is 0.319 e. The first-order valence-corrected chi connectivity index (χ1v) is 7.94. The smallest absolute Gasteiger partial charge is 0.319 e. The average molecular weight is 303 g/mol. The Bertz CT molecular complexity index is 564. The van der Waals surface area contributed by atoms with Gasteiger partial charge in [0.05, 0.1) is 6.04 Å². The summed E-state index contributed by atoms with van der Waals surface area (Å²) in [6, 6.07) is 11.5. The molecule has 5 heteroatoms. The predicted molar refractivity (Wildman–Crippen MR) is 88.5 cm³/mol. The maximum atomic E-state index is 12.1. The van der Waals surface area contributed by atoms with Crippen LogP contribution in [0, 0.1) is 0 Å². The summed E-state index contributed by atoms with van der Waals surface area (Å²) in [5.41, 5.74) is 7.61. The molecular weight excluding hydrogens is 282 g/mol. The zero-order valence-corrected chi connectivity index (χ0v) is 13.1. The lowest BCUT2D eigenvalue weighted by atomic mass is 10.1. The third-order valence-electron chi connectivity index (χ3n) is 3.29. The van der Waals surface area contributed by atoms with Crippen molar-refractivity contribution >= 4 is 23.1 Å². The first-order chi connectivity index (χ1) is 10.1. The molecule has 1 aromatic heterocycles. The molecule has 2 rings (SSSR count). The minimum Gasteiger partial charge on any atom is -0.330 e. The summed E-state index contributed by atoms with van der Waals surface area (Å²) in [6.07, 6.45) is 0.859. The Morgan fingerprint density at radius 3 is 2.52 bits per heavy atom.